The number of ether oxygens (including phenoxy) is 1. The number of H-pyrrole nitrogens is 1. The molecular weight excluding hydrogens is 570 g/mol. The van der Waals surface area contributed by atoms with E-state index in [2.05, 4.69) is 20.9 Å². The van der Waals surface area contributed by atoms with Crippen molar-refractivity contribution in [3.63, 3.8) is 0 Å². The number of nitrogens with two attached hydrogens (primary N) is 1. The van der Waals surface area contributed by atoms with Gasteiger partial charge in [0.05, 0.1) is 0 Å². The van der Waals surface area contributed by atoms with Gasteiger partial charge < -0.3 is 31.4 Å². The molecule has 3 aromatic carbocycles. The van der Waals surface area contributed by atoms with Gasteiger partial charge in [-0.1, -0.05) is 80.9 Å². The van der Waals surface area contributed by atoms with Crippen molar-refractivity contribution >= 4 is 34.7 Å². The summed E-state index contributed by atoms with van der Waals surface area (Å²) in [5.41, 5.74) is 8.98. The van der Waals surface area contributed by atoms with E-state index >= 15 is 0 Å². The predicted molar refractivity (Wildman–Crippen MR) is 171 cm³/mol. The third-order valence-corrected chi connectivity index (χ3v) is 8.63. The van der Waals surface area contributed by atoms with Gasteiger partial charge in [0.1, 0.15) is 18.2 Å². The lowest BCUT2D eigenvalue weighted by Crippen LogP contribution is -2.65. The molecule has 10 nitrogen and oxygen atoms in total. The monoisotopic (exact) mass is 609 g/mol. The van der Waals surface area contributed by atoms with Gasteiger partial charge in [-0.25, -0.2) is 4.79 Å². The maximum atomic E-state index is 14.1. The molecule has 0 saturated heterocycles. The zero-order chi connectivity index (χ0) is 32.0. The Balaban J connectivity index is 1.39. The van der Waals surface area contributed by atoms with E-state index in [9.17, 15) is 19.2 Å². The number of primary amides is 1. The summed E-state index contributed by atoms with van der Waals surface area (Å²) in [7, 11) is 0. The molecule has 0 radical (unpaired) electrons. The number of amides is 4. The molecule has 1 aromatic heterocycles. The molecule has 0 unspecified atom stereocenters. The Hall–Kier alpha value is -5.12. The van der Waals surface area contributed by atoms with Crippen LogP contribution in [0.2, 0.25) is 0 Å². The fourth-order valence-corrected chi connectivity index (χ4v) is 5.85. The fraction of sp³-hybridized carbons (Fsp3) is 0.314. The molecule has 0 fully saturated rings. The Labute approximate surface area is 262 Å². The van der Waals surface area contributed by atoms with Crippen LogP contribution in [0.1, 0.15) is 59.4 Å². The van der Waals surface area contributed by atoms with E-state index in [0.29, 0.717) is 30.4 Å². The van der Waals surface area contributed by atoms with Crippen molar-refractivity contribution in [1.29, 1.82) is 0 Å². The number of hydrogen-bond acceptors (Lipinski definition) is 5. The maximum absolute atomic E-state index is 14.1. The molecule has 10 heteroatoms. The maximum Gasteiger partial charge on any atom is 0.408 e. The topological polar surface area (TPSA) is 155 Å². The highest BCUT2D eigenvalue weighted by Gasteiger charge is 2.45. The van der Waals surface area contributed by atoms with Crippen LogP contribution in [0.25, 0.3) is 10.9 Å². The quantitative estimate of drug-likeness (QED) is 0.172. The predicted octanol–water partition coefficient (Wildman–Crippen LogP) is 4.27. The lowest BCUT2D eigenvalue weighted by molar-refractivity contribution is -0.135. The fourth-order valence-electron chi connectivity index (χ4n) is 5.85. The standard InChI is InChI=1S/C35H39N5O5/c1-3-22(2)30(39-34(44)45-21-23-10-5-4-6-11-23)32(42)40-35(33(43)37-20-24-12-9-13-25(18-24)31(36)41)17-16-29-27(19-35)26-14-7-8-15-28(26)38-29/h4-15,18,22,30,38H,3,16-17,19-21H2,1-2H3,(H2,36,41)(H,37,43)(H,39,44)(H,40,42)/t22-,30-,35-/m0/s1. The van der Waals surface area contributed by atoms with Crippen LogP contribution in [0.15, 0.2) is 78.9 Å². The van der Waals surface area contributed by atoms with Gasteiger partial charge in [0.2, 0.25) is 17.7 Å². The van der Waals surface area contributed by atoms with Crippen LogP contribution >= 0.6 is 0 Å². The van der Waals surface area contributed by atoms with Crippen LogP contribution in [-0.4, -0.2) is 40.4 Å². The molecule has 1 heterocycles. The first-order valence-corrected chi connectivity index (χ1v) is 15.2. The SMILES string of the molecule is CC[C@H](C)[C@H](NC(=O)OCc1ccccc1)C(=O)N[C@@]1(C(=O)NCc2cccc(C(N)=O)c2)CCc2[nH]c3ccccc3c2C1. The summed E-state index contributed by atoms with van der Waals surface area (Å²) in [5, 5.41) is 9.81. The van der Waals surface area contributed by atoms with E-state index in [1.165, 1.54) is 0 Å². The van der Waals surface area contributed by atoms with Crippen LogP contribution in [0.3, 0.4) is 0 Å². The molecule has 6 N–H and O–H groups in total. The molecule has 4 amide bonds. The molecule has 1 aliphatic rings. The number of alkyl carbamates (subject to hydrolysis) is 1. The molecule has 5 rings (SSSR count). The zero-order valence-corrected chi connectivity index (χ0v) is 25.5. The largest absolute Gasteiger partial charge is 0.445 e. The van der Waals surface area contributed by atoms with Crippen molar-refractivity contribution in [2.45, 2.75) is 64.3 Å². The summed E-state index contributed by atoms with van der Waals surface area (Å²) in [6.07, 6.45) is 1.04. The Morgan fingerprint density at radius 3 is 2.47 bits per heavy atom. The number of aromatic nitrogens is 1. The number of aromatic amines is 1. The highest BCUT2D eigenvalue weighted by Crippen LogP contribution is 2.34. The average molecular weight is 610 g/mol. The second-order valence-corrected chi connectivity index (χ2v) is 11.7. The van der Waals surface area contributed by atoms with Crippen LogP contribution < -0.4 is 21.7 Å². The van der Waals surface area contributed by atoms with E-state index in [-0.39, 0.29) is 31.4 Å². The first-order valence-electron chi connectivity index (χ1n) is 15.2. The van der Waals surface area contributed by atoms with E-state index in [1.807, 2.05) is 68.4 Å². The van der Waals surface area contributed by atoms with Crippen LogP contribution in [0.5, 0.6) is 0 Å². The first kappa shape index (κ1) is 31.3. The van der Waals surface area contributed by atoms with Crippen molar-refractivity contribution in [1.82, 2.24) is 20.9 Å². The number of aryl methyl sites for hydroxylation is 1. The molecule has 3 atom stereocenters. The number of benzene rings is 3. The Morgan fingerprint density at radius 1 is 0.978 bits per heavy atom. The number of hydrogen-bond donors (Lipinski definition) is 5. The van der Waals surface area contributed by atoms with Gasteiger partial charge in [0.25, 0.3) is 0 Å². The smallest absolute Gasteiger partial charge is 0.408 e. The van der Waals surface area contributed by atoms with Crippen LogP contribution in [0, 0.1) is 5.92 Å². The third-order valence-electron chi connectivity index (χ3n) is 8.63. The molecule has 45 heavy (non-hydrogen) atoms. The number of rotatable bonds is 11. The van der Waals surface area contributed by atoms with Gasteiger partial charge in [0.15, 0.2) is 0 Å². The van der Waals surface area contributed by atoms with Crippen molar-refractivity contribution in [2.24, 2.45) is 11.7 Å². The molecule has 0 aliphatic heterocycles. The summed E-state index contributed by atoms with van der Waals surface area (Å²) >= 11 is 0. The number of carbonyl (C=O) groups excluding carboxylic acids is 4. The van der Waals surface area contributed by atoms with Gasteiger partial charge in [-0.2, -0.15) is 0 Å². The minimum absolute atomic E-state index is 0.0636. The Kier molecular flexibility index (Phi) is 9.51. The molecule has 4 aromatic rings. The summed E-state index contributed by atoms with van der Waals surface area (Å²) in [5.74, 6) is -1.61. The van der Waals surface area contributed by atoms with Crippen LogP contribution in [0.4, 0.5) is 4.79 Å². The lowest BCUT2D eigenvalue weighted by Gasteiger charge is -2.38. The molecular formula is C35H39N5O5. The minimum Gasteiger partial charge on any atom is -0.445 e. The molecule has 234 valence electrons. The summed E-state index contributed by atoms with van der Waals surface area (Å²) in [6.45, 7) is 4.01. The van der Waals surface area contributed by atoms with E-state index in [4.69, 9.17) is 10.5 Å². The van der Waals surface area contributed by atoms with E-state index < -0.39 is 29.5 Å². The van der Waals surface area contributed by atoms with Gasteiger partial charge in [-0.05, 0) is 53.6 Å². The van der Waals surface area contributed by atoms with Crippen molar-refractivity contribution in [2.75, 3.05) is 0 Å². The average Bonchev–Trinajstić information content (AvgIpc) is 3.43. The van der Waals surface area contributed by atoms with Gasteiger partial charge >= 0.3 is 6.09 Å². The van der Waals surface area contributed by atoms with Gasteiger partial charge in [-0.15, -0.1) is 0 Å². The lowest BCUT2D eigenvalue weighted by atomic mass is 9.78. The molecule has 0 spiro atoms. The molecule has 1 aliphatic carbocycles. The first-order chi connectivity index (χ1) is 21.7. The number of carbonyl (C=O) groups is 4. The van der Waals surface area contributed by atoms with Crippen molar-refractivity contribution in [3.05, 3.63) is 107 Å². The number of nitrogens with one attached hydrogen (secondary N) is 4. The molecule has 0 saturated carbocycles. The minimum atomic E-state index is -1.29. The highest BCUT2D eigenvalue weighted by molar-refractivity contribution is 5.96. The highest BCUT2D eigenvalue weighted by atomic mass is 16.5. The summed E-state index contributed by atoms with van der Waals surface area (Å²) in [4.78, 5) is 56.1. The molecule has 0 bridgehead atoms. The van der Waals surface area contributed by atoms with Crippen molar-refractivity contribution < 1.29 is 23.9 Å². The zero-order valence-electron chi connectivity index (χ0n) is 25.5. The number of para-hydroxylation sites is 1. The number of fused-ring (bicyclic) bond motifs is 3. The second-order valence-electron chi connectivity index (χ2n) is 11.7. The van der Waals surface area contributed by atoms with E-state index in [0.717, 1.165) is 27.7 Å². The third kappa shape index (κ3) is 7.17. The Morgan fingerprint density at radius 2 is 1.71 bits per heavy atom. The second kappa shape index (κ2) is 13.7. The van der Waals surface area contributed by atoms with E-state index in [1.54, 1.807) is 24.3 Å². The Bertz CT molecular complexity index is 1700. The van der Waals surface area contributed by atoms with Gasteiger partial charge in [0, 0.05) is 35.1 Å². The van der Waals surface area contributed by atoms with Gasteiger partial charge in [-0.3, -0.25) is 14.4 Å². The summed E-state index contributed by atoms with van der Waals surface area (Å²) in [6, 6.07) is 23.0. The van der Waals surface area contributed by atoms with Crippen molar-refractivity contribution in [3.8, 4) is 0 Å². The summed E-state index contributed by atoms with van der Waals surface area (Å²) < 4.78 is 5.42. The van der Waals surface area contributed by atoms with Crippen LogP contribution in [-0.2, 0) is 40.3 Å². The normalized spacial score (nSPS) is 17.0.